The summed E-state index contributed by atoms with van der Waals surface area (Å²) < 4.78 is 40.7. The quantitative estimate of drug-likeness (QED) is 0.445. The molecule has 0 saturated heterocycles. The van der Waals surface area contributed by atoms with Crippen LogP contribution >= 0.6 is 0 Å². The van der Waals surface area contributed by atoms with E-state index in [1.54, 1.807) is 31.3 Å². The van der Waals surface area contributed by atoms with Crippen molar-refractivity contribution in [3.05, 3.63) is 47.8 Å². The molecule has 2 N–H and O–H groups in total. The first-order valence-electron chi connectivity index (χ1n) is 9.92. The smallest absolute Gasteiger partial charge is 0.387 e. The number of alkyl halides is 2. The number of carbonyl (C=O) groups excluding carboxylic acids is 1. The van der Waals surface area contributed by atoms with Gasteiger partial charge in [-0.05, 0) is 18.2 Å². The molecular formula is C21H25F2N5O4. The third-order valence-corrected chi connectivity index (χ3v) is 4.70. The summed E-state index contributed by atoms with van der Waals surface area (Å²) in [6.07, 6.45) is 2.36. The average Bonchev–Trinajstić information content (AvgIpc) is 3.24. The number of nitrogens with zero attached hydrogens (tertiary/aromatic N) is 3. The molecule has 0 aliphatic carbocycles. The minimum absolute atomic E-state index is 0.0134. The van der Waals surface area contributed by atoms with Gasteiger partial charge in [0.1, 0.15) is 5.75 Å². The third kappa shape index (κ3) is 6.43. The second kappa shape index (κ2) is 11.1. The molecule has 0 spiro atoms. The third-order valence-electron chi connectivity index (χ3n) is 4.70. The Balaban J connectivity index is 1.51. The van der Waals surface area contributed by atoms with Crippen LogP contribution in [0.2, 0.25) is 0 Å². The first-order chi connectivity index (χ1) is 15.5. The number of guanidine groups is 1. The van der Waals surface area contributed by atoms with Gasteiger partial charge < -0.3 is 29.7 Å². The summed E-state index contributed by atoms with van der Waals surface area (Å²) in [4.78, 5) is 22.3. The molecule has 3 rings (SSSR count). The molecular weight excluding hydrogens is 424 g/mol. The Hall–Kier alpha value is -3.63. The number of carbonyl (C=O) groups is 1. The second-order valence-electron chi connectivity index (χ2n) is 6.86. The van der Waals surface area contributed by atoms with Crippen LogP contribution in [0.1, 0.15) is 11.3 Å². The van der Waals surface area contributed by atoms with Crippen molar-refractivity contribution in [2.75, 3.05) is 34.0 Å². The second-order valence-corrected chi connectivity index (χ2v) is 6.86. The maximum Gasteiger partial charge on any atom is 0.387 e. The first-order valence-corrected chi connectivity index (χ1v) is 9.92. The van der Waals surface area contributed by atoms with Gasteiger partial charge >= 0.3 is 6.61 Å². The van der Waals surface area contributed by atoms with Gasteiger partial charge in [-0.3, -0.25) is 14.8 Å². The molecule has 0 atom stereocenters. The number of halogens is 2. The molecule has 1 aromatic heterocycles. The van der Waals surface area contributed by atoms with E-state index in [1.165, 1.54) is 6.07 Å². The molecule has 0 fully saturated rings. The predicted molar refractivity (Wildman–Crippen MR) is 113 cm³/mol. The molecule has 1 aliphatic rings. The van der Waals surface area contributed by atoms with Crippen LogP contribution in [0, 0.1) is 0 Å². The lowest BCUT2D eigenvalue weighted by Gasteiger charge is -2.19. The van der Waals surface area contributed by atoms with Crippen LogP contribution in [0.5, 0.6) is 17.2 Å². The summed E-state index contributed by atoms with van der Waals surface area (Å²) in [5.74, 6) is 0.950. The summed E-state index contributed by atoms with van der Waals surface area (Å²) in [5.41, 5.74) is 1.33. The molecule has 32 heavy (non-hydrogen) atoms. The van der Waals surface area contributed by atoms with Crippen molar-refractivity contribution >= 4 is 11.9 Å². The Kier molecular flexibility index (Phi) is 8.01. The number of ether oxygens (including phenoxy) is 3. The number of benzene rings is 1. The molecule has 11 heteroatoms. The van der Waals surface area contributed by atoms with E-state index < -0.39 is 6.61 Å². The van der Waals surface area contributed by atoms with E-state index >= 15 is 0 Å². The minimum Gasteiger partial charge on any atom is -0.454 e. The highest BCUT2D eigenvalue weighted by Crippen LogP contribution is 2.38. The molecule has 0 bridgehead atoms. The number of aromatic nitrogens is 1. The number of rotatable bonds is 9. The van der Waals surface area contributed by atoms with Gasteiger partial charge in [-0.25, -0.2) is 0 Å². The molecule has 9 nitrogen and oxygen atoms in total. The molecule has 0 radical (unpaired) electrons. The zero-order valence-corrected chi connectivity index (χ0v) is 17.8. The zero-order valence-electron chi connectivity index (χ0n) is 17.8. The van der Waals surface area contributed by atoms with Gasteiger partial charge in [0, 0.05) is 57.1 Å². The highest BCUT2D eigenvalue weighted by molar-refractivity contribution is 5.86. The molecule has 172 valence electrons. The Morgan fingerprint density at radius 2 is 2.06 bits per heavy atom. The van der Waals surface area contributed by atoms with E-state index in [4.69, 9.17) is 9.47 Å². The van der Waals surface area contributed by atoms with Gasteiger partial charge in [0.25, 0.3) is 0 Å². The lowest BCUT2D eigenvalue weighted by molar-refractivity contribution is -0.128. The summed E-state index contributed by atoms with van der Waals surface area (Å²) in [6, 6.07) is 8.58. The number of pyridine rings is 1. The largest absolute Gasteiger partial charge is 0.454 e. The number of nitrogens with one attached hydrogen (secondary N) is 2. The maximum atomic E-state index is 12.8. The van der Waals surface area contributed by atoms with Gasteiger partial charge in [-0.15, -0.1) is 0 Å². The van der Waals surface area contributed by atoms with Gasteiger partial charge in [-0.1, -0.05) is 6.07 Å². The van der Waals surface area contributed by atoms with E-state index in [0.717, 1.165) is 5.69 Å². The monoisotopic (exact) mass is 449 g/mol. The Morgan fingerprint density at radius 1 is 1.28 bits per heavy atom. The van der Waals surface area contributed by atoms with Crippen molar-refractivity contribution in [3.63, 3.8) is 0 Å². The molecule has 1 aromatic carbocycles. The standard InChI is InChI=1S/C21H25F2N5O4/c1-24-21(27-12-19(29)28(2)8-6-15-5-3-4-7-25-15)26-11-14-9-17-18(31-13-30-17)10-16(14)32-20(22)23/h3-5,7,9-10,20H,6,8,11-13H2,1-2H3,(H2,24,26,27). The summed E-state index contributed by atoms with van der Waals surface area (Å²) in [7, 11) is 3.25. The normalized spacial score (nSPS) is 12.6. The van der Waals surface area contributed by atoms with Crippen LogP contribution in [0.25, 0.3) is 0 Å². The molecule has 1 aliphatic heterocycles. The van der Waals surface area contributed by atoms with Crippen LogP contribution < -0.4 is 24.8 Å². The molecule has 0 unspecified atom stereocenters. The number of hydrogen-bond acceptors (Lipinski definition) is 6. The lowest BCUT2D eigenvalue weighted by Crippen LogP contribution is -2.43. The highest BCUT2D eigenvalue weighted by Gasteiger charge is 2.20. The maximum absolute atomic E-state index is 12.8. The van der Waals surface area contributed by atoms with Crippen molar-refractivity contribution in [1.29, 1.82) is 0 Å². The van der Waals surface area contributed by atoms with Crippen molar-refractivity contribution in [2.24, 2.45) is 4.99 Å². The molecule has 1 amide bonds. The fourth-order valence-electron chi connectivity index (χ4n) is 2.96. The van der Waals surface area contributed by atoms with Crippen molar-refractivity contribution < 1.29 is 27.8 Å². The van der Waals surface area contributed by atoms with Crippen LogP contribution in [0.3, 0.4) is 0 Å². The van der Waals surface area contributed by atoms with E-state index in [9.17, 15) is 13.6 Å². The number of likely N-dealkylation sites (N-methyl/N-ethyl adjacent to an activating group) is 1. The van der Waals surface area contributed by atoms with E-state index in [2.05, 4.69) is 25.3 Å². The van der Waals surface area contributed by atoms with E-state index in [0.29, 0.717) is 36.0 Å². The lowest BCUT2D eigenvalue weighted by atomic mass is 10.1. The van der Waals surface area contributed by atoms with Crippen LogP contribution in [0.4, 0.5) is 8.78 Å². The number of aliphatic imine (C=N–C) groups is 1. The zero-order chi connectivity index (χ0) is 22.9. The summed E-state index contributed by atoms with van der Waals surface area (Å²) >= 11 is 0. The Morgan fingerprint density at radius 3 is 2.75 bits per heavy atom. The van der Waals surface area contributed by atoms with Gasteiger partial charge in [0.2, 0.25) is 12.7 Å². The van der Waals surface area contributed by atoms with Crippen molar-refractivity contribution in [2.45, 2.75) is 19.6 Å². The predicted octanol–water partition coefficient (Wildman–Crippen LogP) is 1.78. The SMILES string of the molecule is CN=C(NCC(=O)N(C)CCc1ccccn1)NCc1cc2c(cc1OC(F)F)OCO2. The van der Waals surface area contributed by atoms with Crippen molar-refractivity contribution in [3.8, 4) is 17.2 Å². The Bertz CT molecular complexity index is 943. The molecule has 0 saturated carbocycles. The minimum atomic E-state index is -2.98. The Labute approximate surface area is 184 Å². The van der Waals surface area contributed by atoms with E-state index in [1.807, 2.05) is 18.2 Å². The molecule has 2 heterocycles. The summed E-state index contributed by atoms with van der Waals surface area (Å²) in [5, 5.41) is 5.90. The van der Waals surface area contributed by atoms with Crippen LogP contribution in [-0.4, -0.2) is 62.3 Å². The number of fused-ring (bicyclic) bond motifs is 1. The fraction of sp³-hybridized carbons (Fsp3) is 0.381. The number of amides is 1. The van der Waals surface area contributed by atoms with Gasteiger partial charge in [-0.2, -0.15) is 8.78 Å². The van der Waals surface area contributed by atoms with Gasteiger partial charge in [0.05, 0.1) is 6.54 Å². The fourth-order valence-corrected chi connectivity index (χ4v) is 2.96. The van der Waals surface area contributed by atoms with Crippen LogP contribution in [0.15, 0.2) is 41.5 Å². The topological polar surface area (TPSA) is 97.3 Å². The highest BCUT2D eigenvalue weighted by atomic mass is 19.3. The molecule has 2 aromatic rings. The average molecular weight is 449 g/mol. The van der Waals surface area contributed by atoms with Crippen LogP contribution in [-0.2, 0) is 17.8 Å². The van der Waals surface area contributed by atoms with Gasteiger partial charge in [0.15, 0.2) is 17.5 Å². The summed E-state index contributed by atoms with van der Waals surface area (Å²) in [6.45, 7) is -2.32. The number of hydrogen-bond donors (Lipinski definition) is 2. The van der Waals surface area contributed by atoms with E-state index in [-0.39, 0.29) is 31.5 Å². The van der Waals surface area contributed by atoms with Crippen molar-refractivity contribution in [1.82, 2.24) is 20.5 Å². The first kappa shape index (κ1) is 23.0.